The molecule has 0 amide bonds. The Labute approximate surface area is 98.8 Å². The summed E-state index contributed by atoms with van der Waals surface area (Å²) in [5, 5.41) is 8.51. The number of nitriles is 1. The second kappa shape index (κ2) is 4.74. The quantitative estimate of drug-likeness (QED) is 0.835. The largest absolute Gasteiger partial charge is 0.496 e. The summed E-state index contributed by atoms with van der Waals surface area (Å²) in [7, 11) is 1.27. The van der Waals surface area contributed by atoms with E-state index in [-0.39, 0.29) is 22.2 Å². The molecule has 0 saturated carbocycles. The highest BCUT2D eigenvalue weighted by Crippen LogP contribution is 2.38. The number of hydrogen-bond donors (Lipinski definition) is 0. The molecular formula is C10H7BrF3NO. The van der Waals surface area contributed by atoms with Crippen molar-refractivity contribution in [3.8, 4) is 11.8 Å². The lowest BCUT2D eigenvalue weighted by molar-refractivity contribution is -0.138. The molecule has 2 nitrogen and oxygen atoms in total. The van der Waals surface area contributed by atoms with Gasteiger partial charge in [-0.2, -0.15) is 18.4 Å². The summed E-state index contributed by atoms with van der Waals surface area (Å²) in [5.41, 5.74) is -0.985. The van der Waals surface area contributed by atoms with Gasteiger partial charge in [0.05, 0.1) is 25.2 Å². The molecule has 0 radical (unpaired) electrons. The maximum atomic E-state index is 12.7. The summed E-state index contributed by atoms with van der Waals surface area (Å²) in [6, 6.07) is 4.04. The van der Waals surface area contributed by atoms with Gasteiger partial charge in [0.15, 0.2) is 0 Å². The van der Waals surface area contributed by atoms with E-state index in [2.05, 4.69) is 15.9 Å². The number of benzene rings is 1. The third-order valence-electron chi connectivity index (χ3n) is 1.95. The molecule has 0 aliphatic heterocycles. The molecule has 0 saturated heterocycles. The van der Waals surface area contributed by atoms with Crippen LogP contribution in [0.5, 0.6) is 5.75 Å². The first-order valence-corrected chi connectivity index (χ1v) is 5.00. The Balaban J connectivity index is 3.45. The Kier molecular flexibility index (Phi) is 3.81. The number of halogens is 4. The Morgan fingerprint density at radius 3 is 2.50 bits per heavy atom. The van der Waals surface area contributed by atoms with Crippen molar-refractivity contribution in [3.05, 3.63) is 27.7 Å². The number of nitrogens with zero attached hydrogens (tertiary/aromatic N) is 1. The first-order chi connectivity index (χ1) is 7.40. The van der Waals surface area contributed by atoms with Crippen molar-refractivity contribution in [2.75, 3.05) is 7.11 Å². The smallest absolute Gasteiger partial charge is 0.416 e. The highest BCUT2D eigenvalue weighted by Gasteiger charge is 2.35. The van der Waals surface area contributed by atoms with E-state index in [4.69, 9.17) is 10.00 Å². The number of alkyl halides is 3. The minimum atomic E-state index is -4.50. The van der Waals surface area contributed by atoms with Crippen molar-refractivity contribution in [1.82, 2.24) is 0 Å². The SMILES string of the molecule is COc1cc(Br)cc(C(F)(F)F)c1CC#N. The summed E-state index contributed by atoms with van der Waals surface area (Å²) in [5.74, 6) is 0.0586. The third-order valence-corrected chi connectivity index (χ3v) is 2.41. The summed E-state index contributed by atoms with van der Waals surface area (Å²) in [6.45, 7) is 0. The average molecular weight is 294 g/mol. The zero-order valence-corrected chi connectivity index (χ0v) is 9.82. The highest BCUT2D eigenvalue weighted by molar-refractivity contribution is 9.10. The van der Waals surface area contributed by atoms with Gasteiger partial charge in [0.1, 0.15) is 5.75 Å². The van der Waals surface area contributed by atoms with Crippen LogP contribution in [0.25, 0.3) is 0 Å². The average Bonchev–Trinajstić information content (AvgIpc) is 2.18. The van der Waals surface area contributed by atoms with Gasteiger partial charge in [-0.25, -0.2) is 0 Å². The van der Waals surface area contributed by atoms with Crippen molar-refractivity contribution < 1.29 is 17.9 Å². The molecule has 0 aliphatic carbocycles. The van der Waals surface area contributed by atoms with E-state index in [1.54, 1.807) is 6.07 Å². The van der Waals surface area contributed by atoms with E-state index in [1.165, 1.54) is 13.2 Å². The lowest BCUT2D eigenvalue weighted by Gasteiger charge is -2.15. The predicted molar refractivity (Wildman–Crippen MR) is 55.0 cm³/mol. The number of methoxy groups -OCH3 is 1. The normalized spacial score (nSPS) is 11.0. The molecule has 0 bridgehead atoms. The maximum absolute atomic E-state index is 12.7. The van der Waals surface area contributed by atoms with Gasteiger partial charge in [0, 0.05) is 10.0 Å². The monoisotopic (exact) mass is 293 g/mol. The summed E-state index contributed by atoms with van der Waals surface area (Å²) >= 11 is 2.97. The molecule has 0 unspecified atom stereocenters. The first kappa shape index (κ1) is 12.8. The Morgan fingerprint density at radius 2 is 2.06 bits per heavy atom. The van der Waals surface area contributed by atoms with Crippen molar-refractivity contribution >= 4 is 15.9 Å². The fourth-order valence-electron chi connectivity index (χ4n) is 1.31. The molecule has 0 atom stereocenters. The molecule has 0 spiro atoms. The van der Waals surface area contributed by atoms with E-state index in [1.807, 2.05) is 0 Å². The molecule has 0 aliphatic rings. The fraction of sp³-hybridized carbons (Fsp3) is 0.300. The van der Waals surface area contributed by atoms with Crippen LogP contribution < -0.4 is 4.74 Å². The van der Waals surface area contributed by atoms with Gasteiger partial charge in [-0.05, 0) is 12.1 Å². The van der Waals surface area contributed by atoms with Gasteiger partial charge >= 0.3 is 6.18 Å². The van der Waals surface area contributed by atoms with Crippen LogP contribution in [0, 0.1) is 11.3 Å². The molecule has 1 aromatic carbocycles. The summed E-state index contributed by atoms with van der Waals surface area (Å²) in [6.07, 6.45) is -4.84. The van der Waals surface area contributed by atoms with Crippen LogP contribution >= 0.6 is 15.9 Å². The van der Waals surface area contributed by atoms with Gasteiger partial charge < -0.3 is 4.74 Å². The predicted octanol–water partition coefficient (Wildman–Crippen LogP) is 3.54. The van der Waals surface area contributed by atoms with Crippen LogP contribution in [0.1, 0.15) is 11.1 Å². The van der Waals surface area contributed by atoms with Crippen LogP contribution in [0.15, 0.2) is 16.6 Å². The first-order valence-electron chi connectivity index (χ1n) is 4.20. The van der Waals surface area contributed by atoms with Gasteiger partial charge in [0.25, 0.3) is 0 Å². The van der Waals surface area contributed by atoms with Crippen LogP contribution in [-0.2, 0) is 12.6 Å². The van der Waals surface area contributed by atoms with Crippen molar-refractivity contribution in [1.29, 1.82) is 5.26 Å². The Hall–Kier alpha value is -1.22. The van der Waals surface area contributed by atoms with Gasteiger partial charge in [-0.15, -0.1) is 0 Å². The Bertz CT molecular complexity index is 437. The minimum Gasteiger partial charge on any atom is -0.496 e. The van der Waals surface area contributed by atoms with Crippen molar-refractivity contribution in [2.24, 2.45) is 0 Å². The molecule has 1 aromatic rings. The lowest BCUT2D eigenvalue weighted by Crippen LogP contribution is -2.10. The molecule has 1 rings (SSSR count). The van der Waals surface area contributed by atoms with Crippen LogP contribution in [0.2, 0.25) is 0 Å². The topological polar surface area (TPSA) is 33.0 Å². The molecule has 0 N–H and O–H groups in total. The summed E-state index contributed by atoms with van der Waals surface area (Å²) < 4.78 is 43.1. The number of rotatable bonds is 2. The van der Waals surface area contributed by atoms with Gasteiger partial charge in [-0.3, -0.25) is 0 Å². The molecule has 0 heterocycles. The highest BCUT2D eigenvalue weighted by atomic mass is 79.9. The standard InChI is InChI=1S/C10H7BrF3NO/c1-16-9-5-6(11)4-8(10(12,13)14)7(9)2-3-15/h4-5H,2H2,1H3. The van der Waals surface area contributed by atoms with Gasteiger partial charge in [0.2, 0.25) is 0 Å². The second-order valence-corrected chi connectivity index (χ2v) is 3.88. The third kappa shape index (κ3) is 2.67. The van der Waals surface area contributed by atoms with E-state index < -0.39 is 11.7 Å². The fourth-order valence-corrected chi connectivity index (χ4v) is 1.75. The molecule has 0 aromatic heterocycles. The Morgan fingerprint density at radius 1 is 1.44 bits per heavy atom. The lowest BCUT2D eigenvalue weighted by atomic mass is 10.0. The molecular weight excluding hydrogens is 287 g/mol. The second-order valence-electron chi connectivity index (χ2n) is 2.97. The van der Waals surface area contributed by atoms with Crippen LogP contribution in [-0.4, -0.2) is 7.11 Å². The maximum Gasteiger partial charge on any atom is 0.416 e. The molecule has 86 valence electrons. The van der Waals surface area contributed by atoms with Crippen molar-refractivity contribution in [2.45, 2.75) is 12.6 Å². The zero-order valence-electron chi connectivity index (χ0n) is 8.23. The van der Waals surface area contributed by atoms with Gasteiger partial charge in [-0.1, -0.05) is 15.9 Å². The zero-order chi connectivity index (χ0) is 12.3. The van der Waals surface area contributed by atoms with E-state index in [9.17, 15) is 13.2 Å². The van der Waals surface area contributed by atoms with E-state index in [0.717, 1.165) is 6.07 Å². The van der Waals surface area contributed by atoms with Crippen LogP contribution in [0.4, 0.5) is 13.2 Å². The molecule has 6 heteroatoms. The minimum absolute atomic E-state index is 0.0586. The van der Waals surface area contributed by atoms with E-state index in [0.29, 0.717) is 0 Å². The summed E-state index contributed by atoms with van der Waals surface area (Å²) in [4.78, 5) is 0. The number of hydrogen-bond acceptors (Lipinski definition) is 2. The molecule has 16 heavy (non-hydrogen) atoms. The number of ether oxygens (including phenoxy) is 1. The van der Waals surface area contributed by atoms with Crippen molar-refractivity contribution in [3.63, 3.8) is 0 Å². The molecule has 0 fully saturated rings. The van der Waals surface area contributed by atoms with Crippen LogP contribution in [0.3, 0.4) is 0 Å². The van der Waals surface area contributed by atoms with E-state index >= 15 is 0 Å².